The molecule has 1 aromatic carbocycles. The number of hydrogen-bond donors (Lipinski definition) is 2. The molecule has 134 valence electrons. The van der Waals surface area contributed by atoms with Gasteiger partial charge in [-0.25, -0.2) is 0 Å². The molecule has 2 amide bonds. The van der Waals surface area contributed by atoms with Crippen LogP contribution in [0.5, 0.6) is 0 Å². The number of halogens is 1. The minimum Gasteiger partial charge on any atom is -0.368 e. The van der Waals surface area contributed by atoms with Gasteiger partial charge in [-0.2, -0.15) is 0 Å². The van der Waals surface area contributed by atoms with Gasteiger partial charge in [-0.1, -0.05) is 18.2 Å². The smallest absolute Gasteiger partial charge is 0.233 e. The van der Waals surface area contributed by atoms with Crippen molar-refractivity contribution in [3.8, 4) is 0 Å². The number of hydrogen-bond acceptors (Lipinski definition) is 4. The van der Waals surface area contributed by atoms with E-state index in [2.05, 4.69) is 27.7 Å². The maximum absolute atomic E-state index is 12.2. The van der Waals surface area contributed by atoms with Crippen molar-refractivity contribution >= 4 is 29.9 Å². The summed E-state index contributed by atoms with van der Waals surface area (Å²) in [5.74, 6) is 0.150. The van der Waals surface area contributed by atoms with Gasteiger partial charge in [-0.15, -0.1) is 12.4 Å². The predicted octanol–water partition coefficient (Wildman–Crippen LogP) is 0.873. The lowest BCUT2D eigenvalue weighted by molar-refractivity contribution is -0.131. The topological polar surface area (TPSA) is 64.7 Å². The van der Waals surface area contributed by atoms with Crippen LogP contribution in [0.15, 0.2) is 30.3 Å². The first-order chi connectivity index (χ1) is 11.2. The number of piperazine rings is 1. The van der Waals surface area contributed by atoms with Crippen molar-refractivity contribution < 1.29 is 9.59 Å². The van der Waals surface area contributed by atoms with Crippen molar-refractivity contribution in [1.82, 2.24) is 15.5 Å². The zero-order valence-electron chi connectivity index (χ0n) is 14.2. The van der Waals surface area contributed by atoms with Gasteiger partial charge < -0.3 is 20.4 Å². The lowest BCUT2D eigenvalue weighted by Gasteiger charge is -2.36. The summed E-state index contributed by atoms with van der Waals surface area (Å²) in [5.41, 5.74) is 1.21. The van der Waals surface area contributed by atoms with Crippen LogP contribution in [-0.2, 0) is 9.59 Å². The van der Waals surface area contributed by atoms with E-state index in [9.17, 15) is 9.59 Å². The van der Waals surface area contributed by atoms with E-state index in [0.29, 0.717) is 25.9 Å². The highest BCUT2D eigenvalue weighted by atomic mass is 35.5. The highest BCUT2D eigenvalue weighted by molar-refractivity contribution is 5.85. The average molecular weight is 355 g/mol. The number of likely N-dealkylation sites (N-methyl/N-ethyl adjacent to an activating group) is 1. The van der Waals surface area contributed by atoms with Gasteiger partial charge in [0, 0.05) is 44.8 Å². The van der Waals surface area contributed by atoms with E-state index in [1.54, 1.807) is 7.05 Å². The van der Waals surface area contributed by atoms with Crippen LogP contribution in [0.2, 0.25) is 0 Å². The molecule has 0 aromatic heterocycles. The largest absolute Gasteiger partial charge is 0.368 e. The van der Waals surface area contributed by atoms with E-state index in [1.165, 1.54) is 5.69 Å². The molecule has 0 radical (unpaired) electrons. The molecular weight excluding hydrogens is 328 g/mol. The van der Waals surface area contributed by atoms with Crippen LogP contribution in [-0.4, -0.2) is 63.0 Å². The van der Waals surface area contributed by atoms with Crippen LogP contribution in [0.1, 0.15) is 12.8 Å². The zero-order chi connectivity index (χ0) is 16.5. The van der Waals surface area contributed by atoms with Crippen LogP contribution in [0.3, 0.4) is 0 Å². The first-order valence-electron chi connectivity index (χ1n) is 8.20. The number of carbonyl (C=O) groups excluding carboxylic acids is 2. The average Bonchev–Trinajstić information content (AvgIpc) is 2.60. The standard InChI is InChI=1S/C17H26N4O2.ClH/c1-18-14-16(22)19-9-5-8-17(23)21-12-10-20(11-13-21)15-6-3-2-4-7-15;/h2-4,6-7,18H,5,8-14H2,1H3,(H,19,22);1H. The Morgan fingerprint density at radius 1 is 1.08 bits per heavy atom. The number of para-hydroxylation sites is 1. The van der Waals surface area contributed by atoms with Crippen molar-refractivity contribution in [2.75, 3.05) is 51.2 Å². The van der Waals surface area contributed by atoms with Crippen LogP contribution in [0.25, 0.3) is 0 Å². The number of nitrogens with zero attached hydrogens (tertiary/aromatic N) is 2. The van der Waals surface area contributed by atoms with Crippen molar-refractivity contribution in [2.45, 2.75) is 12.8 Å². The number of carbonyl (C=O) groups is 2. The summed E-state index contributed by atoms with van der Waals surface area (Å²) >= 11 is 0. The van der Waals surface area contributed by atoms with E-state index in [4.69, 9.17) is 0 Å². The van der Waals surface area contributed by atoms with E-state index in [1.807, 2.05) is 23.1 Å². The molecule has 24 heavy (non-hydrogen) atoms. The number of rotatable bonds is 7. The second-order valence-electron chi connectivity index (χ2n) is 5.69. The molecule has 0 bridgehead atoms. The van der Waals surface area contributed by atoms with Crippen LogP contribution < -0.4 is 15.5 Å². The van der Waals surface area contributed by atoms with Gasteiger partial charge in [0.1, 0.15) is 0 Å². The second kappa shape index (κ2) is 10.9. The maximum Gasteiger partial charge on any atom is 0.233 e. The number of anilines is 1. The van der Waals surface area contributed by atoms with Gasteiger partial charge in [-0.3, -0.25) is 9.59 Å². The first-order valence-corrected chi connectivity index (χ1v) is 8.20. The maximum atomic E-state index is 12.2. The Bertz CT molecular complexity index is 505. The van der Waals surface area contributed by atoms with Crippen LogP contribution in [0, 0.1) is 0 Å². The summed E-state index contributed by atoms with van der Waals surface area (Å²) in [6.45, 7) is 4.13. The SMILES string of the molecule is CNCC(=O)NCCCC(=O)N1CCN(c2ccccc2)CC1.Cl. The van der Waals surface area contributed by atoms with Gasteiger partial charge >= 0.3 is 0 Å². The van der Waals surface area contributed by atoms with E-state index < -0.39 is 0 Å². The monoisotopic (exact) mass is 354 g/mol. The molecule has 2 rings (SSSR count). The molecule has 6 nitrogen and oxygen atoms in total. The third-order valence-electron chi connectivity index (χ3n) is 3.98. The van der Waals surface area contributed by atoms with Gasteiger partial charge in [0.05, 0.1) is 6.54 Å². The molecule has 0 aliphatic carbocycles. The normalized spacial score (nSPS) is 14.0. The fraction of sp³-hybridized carbons (Fsp3) is 0.529. The van der Waals surface area contributed by atoms with Gasteiger partial charge in [0.15, 0.2) is 0 Å². The summed E-state index contributed by atoms with van der Waals surface area (Å²) in [6.07, 6.45) is 1.18. The summed E-state index contributed by atoms with van der Waals surface area (Å²) in [7, 11) is 1.73. The molecule has 0 unspecified atom stereocenters. The Hall–Kier alpha value is -1.79. The zero-order valence-corrected chi connectivity index (χ0v) is 15.0. The number of amides is 2. The number of benzene rings is 1. The first kappa shape index (κ1) is 20.3. The summed E-state index contributed by atoms with van der Waals surface area (Å²) in [6, 6.07) is 10.3. The molecule has 1 saturated heterocycles. The molecule has 2 N–H and O–H groups in total. The molecule has 1 heterocycles. The van der Waals surface area contributed by atoms with E-state index >= 15 is 0 Å². The van der Waals surface area contributed by atoms with E-state index in [0.717, 1.165) is 26.2 Å². The third-order valence-corrected chi connectivity index (χ3v) is 3.98. The quantitative estimate of drug-likeness (QED) is 0.713. The Labute approximate surface area is 150 Å². The molecule has 1 aliphatic heterocycles. The number of nitrogens with one attached hydrogen (secondary N) is 2. The highest BCUT2D eigenvalue weighted by Gasteiger charge is 2.20. The van der Waals surface area contributed by atoms with E-state index in [-0.39, 0.29) is 24.2 Å². The lowest BCUT2D eigenvalue weighted by atomic mass is 10.2. The predicted molar refractivity (Wildman–Crippen MR) is 98.7 cm³/mol. The van der Waals surface area contributed by atoms with Crippen molar-refractivity contribution in [3.05, 3.63) is 30.3 Å². The fourth-order valence-electron chi connectivity index (χ4n) is 2.70. The van der Waals surface area contributed by atoms with Gasteiger partial charge in [-0.05, 0) is 25.6 Å². The van der Waals surface area contributed by atoms with Crippen LogP contribution >= 0.6 is 12.4 Å². The van der Waals surface area contributed by atoms with Crippen molar-refractivity contribution in [3.63, 3.8) is 0 Å². The van der Waals surface area contributed by atoms with Gasteiger partial charge in [0.2, 0.25) is 11.8 Å². The summed E-state index contributed by atoms with van der Waals surface area (Å²) in [4.78, 5) is 27.7. The van der Waals surface area contributed by atoms with Gasteiger partial charge in [0.25, 0.3) is 0 Å². The Morgan fingerprint density at radius 3 is 2.38 bits per heavy atom. The summed E-state index contributed by atoms with van der Waals surface area (Å²) in [5, 5.41) is 5.58. The highest BCUT2D eigenvalue weighted by Crippen LogP contribution is 2.15. The lowest BCUT2D eigenvalue weighted by Crippen LogP contribution is -2.48. The van der Waals surface area contributed by atoms with Crippen molar-refractivity contribution in [2.24, 2.45) is 0 Å². The second-order valence-corrected chi connectivity index (χ2v) is 5.69. The molecule has 1 aromatic rings. The molecule has 1 fully saturated rings. The summed E-state index contributed by atoms with van der Waals surface area (Å²) < 4.78 is 0. The molecule has 0 spiro atoms. The fourth-order valence-corrected chi connectivity index (χ4v) is 2.70. The Balaban J connectivity index is 0.00000288. The minimum atomic E-state index is -0.0311. The molecule has 0 saturated carbocycles. The molecule has 0 atom stereocenters. The minimum absolute atomic E-state index is 0. The molecule has 1 aliphatic rings. The van der Waals surface area contributed by atoms with Crippen LogP contribution in [0.4, 0.5) is 5.69 Å². The Kier molecular flexibility index (Phi) is 9.19. The third kappa shape index (κ3) is 6.37. The van der Waals surface area contributed by atoms with Crippen molar-refractivity contribution in [1.29, 1.82) is 0 Å². The Morgan fingerprint density at radius 2 is 1.75 bits per heavy atom. The molecule has 7 heteroatoms. The molecular formula is C17H27ClN4O2.